The van der Waals surface area contributed by atoms with Crippen molar-refractivity contribution in [3.63, 3.8) is 0 Å². The molecule has 10 nitrogen and oxygen atoms in total. The zero-order chi connectivity index (χ0) is 23.0. The summed E-state index contributed by atoms with van der Waals surface area (Å²) < 4.78 is 24.3. The Kier molecular flexibility index (Phi) is 8.88. The number of carbonyl (C=O) groups is 1. The summed E-state index contributed by atoms with van der Waals surface area (Å²) in [5, 5.41) is 33.9. The molecular weight excluding hydrogens is 442 g/mol. The highest BCUT2D eigenvalue weighted by atomic mass is 32.2. The zero-order valence-electron chi connectivity index (χ0n) is 17.2. The van der Waals surface area contributed by atoms with Crippen LogP contribution in [0.2, 0.25) is 0 Å². The highest BCUT2D eigenvalue weighted by molar-refractivity contribution is 7.92. The first kappa shape index (κ1) is 24.7. The zero-order valence-corrected chi connectivity index (χ0v) is 18.8. The Morgan fingerprint density at radius 2 is 2.03 bits per heavy atom. The molecule has 3 N–H and O–H groups in total. The standard InChI is InChI=1S/C19H25N5O5S2/c1-24(31(2,28)29)19-23-15(12-30-19)18(27)22-14(11-13-6-9-21-10-7-13)17(26)16(25)5-3-4-8-20/h6-7,9-10,12,14,16-17,25-26H,3-5,11H2,1-2H3,(H,22,27). The highest BCUT2D eigenvalue weighted by Crippen LogP contribution is 2.22. The number of aliphatic hydroxyl groups excluding tert-OH is 2. The predicted molar refractivity (Wildman–Crippen MR) is 116 cm³/mol. The van der Waals surface area contributed by atoms with Gasteiger partial charge in [0.1, 0.15) is 11.8 Å². The maximum atomic E-state index is 12.7. The number of amides is 1. The van der Waals surface area contributed by atoms with Gasteiger partial charge in [0, 0.05) is 31.2 Å². The lowest BCUT2D eigenvalue weighted by Gasteiger charge is -2.27. The number of aromatic nitrogens is 2. The van der Waals surface area contributed by atoms with Crippen LogP contribution in [0.4, 0.5) is 5.13 Å². The van der Waals surface area contributed by atoms with Crippen molar-refractivity contribution in [3.8, 4) is 6.07 Å². The molecule has 0 aliphatic rings. The fourth-order valence-corrected chi connectivity index (χ4v) is 4.29. The van der Waals surface area contributed by atoms with Crippen molar-refractivity contribution in [2.24, 2.45) is 0 Å². The van der Waals surface area contributed by atoms with E-state index in [0.717, 1.165) is 27.5 Å². The monoisotopic (exact) mass is 467 g/mol. The second kappa shape index (κ2) is 11.1. The number of hydrogen-bond donors (Lipinski definition) is 3. The van der Waals surface area contributed by atoms with Crippen molar-refractivity contribution in [1.29, 1.82) is 5.26 Å². The minimum atomic E-state index is -3.52. The van der Waals surface area contributed by atoms with Crippen LogP contribution in [0.25, 0.3) is 0 Å². The molecule has 0 aliphatic heterocycles. The van der Waals surface area contributed by atoms with Crippen LogP contribution in [-0.2, 0) is 16.4 Å². The van der Waals surface area contributed by atoms with Gasteiger partial charge in [0.25, 0.3) is 5.91 Å². The lowest BCUT2D eigenvalue weighted by Crippen LogP contribution is -2.50. The second-order valence-corrected chi connectivity index (χ2v) is 9.84. The van der Waals surface area contributed by atoms with Gasteiger partial charge in [0.05, 0.1) is 24.5 Å². The van der Waals surface area contributed by atoms with E-state index in [1.807, 2.05) is 6.07 Å². The molecule has 3 atom stereocenters. The molecule has 0 fully saturated rings. The Hall–Kier alpha value is -2.59. The third-order valence-electron chi connectivity index (χ3n) is 4.61. The summed E-state index contributed by atoms with van der Waals surface area (Å²) >= 11 is 0.996. The van der Waals surface area contributed by atoms with Crippen LogP contribution in [-0.4, -0.2) is 66.1 Å². The van der Waals surface area contributed by atoms with Gasteiger partial charge in [-0.05, 0) is 37.0 Å². The first-order valence-electron chi connectivity index (χ1n) is 9.45. The molecule has 0 radical (unpaired) electrons. The van der Waals surface area contributed by atoms with Crippen LogP contribution in [0.5, 0.6) is 0 Å². The van der Waals surface area contributed by atoms with E-state index in [2.05, 4.69) is 15.3 Å². The van der Waals surface area contributed by atoms with Crippen LogP contribution >= 0.6 is 11.3 Å². The molecule has 31 heavy (non-hydrogen) atoms. The lowest BCUT2D eigenvalue weighted by atomic mass is 9.95. The highest BCUT2D eigenvalue weighted by Gasteiger charge is 2.29. The summed E-state index contributed by atoms with van der Waals surface area (Å²) in [7, 11) is -2.18. The van der Waals surface area contributed by atoms with Gasteiger partial charge in [0.15, 0.2) is 5.13 Å². The number of hydrogen-bond acceptors (Lipinski definition) is 9. The van der Waals surface area contributed by atoms with E-state index in [4.69, 9.17) is 5.26 Å². The van der Waals surface area contributed by atoms with Crippen molar-refractivity contribution < 1.29 is 23.4 Å². The summed E-state index contributed by atoms with van der Waals surface area (Å²) in [6, 6.07) is 4.60. The fourth-order valence-electron chi connectivity index (χ4n) is 2.76. The molecule has 2 aromatic heterocycles. The van der Waals surface area contributed by atoms with Crippen LogP contribution in [0.3, 0.4) is 0 Å². The van der Waals surface area contributed by atoms with E-state index in [9.17, 15) is 23.4 Å². The molecule has 2 aromatic rings. The molecular formula is C19H25N5O5S2. The van der Waals surface area contributed by atoms with Crippen LogP contribution in [0.1, 0.15) is 35.3 Å². The van der Waals surface area contributed by atoms with Gasteiger partial charge in [-0.3, -0.25) is 9.78 Å². The Labute approximate surface area is 185 Å². The van der Waals surface area contributed by atoms with E-state index >= 15 is 0 Å². The Morgan fingerprint density at radius 3 is 2.65 bits per heavy atom. The summed E-state index contributed by atoms with van der Waals surface area (Å²) in [4.78, 5) is 20.7. The van der Waals surface area contributed by atoms with Gasteiger partial charge in [-0.1, -0.05) is 0 Å². The number of anilines is 1. The average Bonchev–Trinajstić information content (AvgIpc) is 3.22. The van der Waals surface area contributed by atoms with E-state index < -0.39 is 34.2 Å². The molecule has 0 aromatic carbocycles. The van der Waals surface area contributed by atoms with Gasteiger partial charge in [-0.25, -0.2) is 17.7 Å². The molecule has 12 heteroatoms. The second-order valence-electron chi connectivity index (χ2n) is 6.99. The molecule has 168 valence electrons. The molecule has 0 aliphatic carbocycles. The molecule has 0 spiro atoms. The van der Waals surface area contributed by atoms with Gasteiger partial charge < -0.3 is 15.5 Å². The van der Waals surface area contributed by atoms with Gasteiger partial charge in [0.2, 0.25) is 10.0 Å². The molecule has 1 amide bonds. The van der Waals surface area contributed by atoms with Crippen molar-refractivity contribution >= 4 is 32.4 Å². The third-order valence-corrected chi connectivity index (χ3v) is 6.81. The molecule has 2 heterocycles. The number of unbranched alkanes of at least 4 members (excludes halogenated alkanes) is 1. The molecule has 0 saturated carbocycles. The molecule has 3 unspecified atom stereocenters. The number of thiazole rings is 1. The Balaban J connectivity index is 2.17. The third kappa shape index (κ3) is 7.25. The van der Waals surface area contributed by atoms with Crippen molar-refractivity contribution in [2.45, 2.75) is 43.9 Å². The van der Waals surface area contributed by atoms with Crippen LogP contribution in [0.15, 0.2) is 29.9 Å². The van der Waals surface area contributed by atoms with E-state index in [1.54, 1.807) is 24.5 Å². The van der Waals surface area contributed by atoms with Crippen molar-refractivity contribution in [3.05, 3.63) is 41.2 Å². The summed E-state index contributed by atoms with van der Waals surface area (Å²) in [5.41, 5.74) is 0.792. The minimum absolute atomic E-state index is 0.00130. The quantitative estimate of drug-likeness (QED) is 0.408. The van der Waals surface area contributed by atoms with E-state index in [0.29, 0.717) is 6.42 Å². The number of rotatable bonds is 11. The number of aliphatic hydroxyl groups is 2. The van der Waals surface area contributed by atoms with Crippen LogP contribution in [0, 0.1) is 11.3 Å². The normalized spacial score (nSPS) is 14.3. The van der Waals surface area contributed by atoms with Gasteiger partial charge >= 0.3 is 0 Å². The predicted octanol–water partition coefficient (Wildman–Crippen LogP) is 0.691. The lowest BCUT2D eigenvalue weighted by molar-refractivity contribution is -0.00791. The fraction of sp³-hybridized carbons (Fsp3) is 0.474. The number of nitrogens with one attached hydrogen (secondary N) is 1. The number of nitriles is 1. The molecule has 0 bridgehead atoms. The maximum absolute atomic E-state index is 12.7. The first-order chi connectivity index (χ1) is 14.6. The van der Waals surface area contributed by atoms with Gasteiger partial charge in [-0.2, -0.15) is 5.26 Å². The average molecular weight is 468 g/mol. The smallest absolute Gasteiger partial charge is 0.271 e. The Bertz CT molecular complexity index is 1010. The summed E-state index contributed by atoms with van der Waals surface area (Å²) in [6.45, 7) is 0. The van der Waals surface area contributed by atoms with Gasteiger partial charge in [-0.15, -0.1) is 11.3 Å². The first-order valence-corrected chi connectivity index (χ1v) is 12.2. The van der Waals surface area contributed by atoms with E-state index in [1.165, 1.54) is 12.4 Å². The largest absolute Gasteiger partial charge is 0.390 e. The van der Waals surface area contributed by atoms with E-state index in [-0.39, 0.29) is 30.1 Å². The minimum Gasteiger partial charge on any atom is -0.390 e. The summed E-state index contributed by atoms with van der Waals surface area (Å²) in [6.07, 6.45) is 2.87. The SMILES string of the molecule is CN(c1nc(C(=O)NC(Cc2ccncc2)C(O)C(O)CCCC#N)cs1)S(C)(=O)=O. The van der Waals surface area contributed by atoms with Crippen molar-refractivity contribution in [1.82, 2.24) is 15.3 Å². The van der Waals surface area contributed by atoms with Crippen molar-refractivity contribution in [2.75, 3.05) is 17.6 Å². The number of carbonyl (C=O) groups excluding carboxylic acids is 1. The number of sulfonamides is 1. The Morgan fingerprint density at radius 1 is 1.35 bits per heavy atom. The molecule has 0 saturated heterocycles. The summed E-state index contributed by atoms with van der Waals surface area (Å²) in [5.74, 6) is -0.605. The number of pyridine rings is 1. The molecule has 2 rings (SSSR count). The van der Waals surface area contributed by atoms with Crippen LogP contribution < -0.4 is 9.62 Å². The topological polar surface area (TPSA) is 157 Å². The number of nitrogens with zero attached hydrogens (tertiary/aromatic N) is 4. The maximum Gasteiger partial charge on any atom is 0.271 e.